The van der Waals surface area contributed by atoms with Gasteiger partial charge in [0.05, 0.1) is 17.2 Å². The number of rotatable bonds is 2. The smallest absolute Gasteiger partial charge is 0.326 e. The Balaban J connectivity index is 2.25. The molecule has 0 aromatic heterocycles. The molecule has 1 fully saturated rings. The zero-order chi connectivity index (χ0) is 19.7. The van der Waals surface area contributed by atoms with E-state index in [1.807, 2.05) is 5.32 Å². The largest absolute Gasteiger partial charge is 0.416 e. The molecular formula is C15H17F6N3OS. The van der Waals surface area contributed by atoms with Gasteiger partial charge in [-0.3, -0.25) is 4.31 Å². The lowest BCUT2D eigenvalue weighted by atomic mass is 9.91. The third-order valence-corrected chi connectivity index (χ3v) is 4.62. The predicted octanol–water partition coefficient (Wildman–Crippen LogP) is 4.67. The first-order valence-electron chi connectivity index (χ1n) is 7.74. The Hall–Kier alpha value is -1.62. The fourth-order valence-corrected chi connectivity index (χ4v) is 3.14. The maximum Gasteiger partial charge on any atom is 0.416 e. The molecule has 26 heavy (non-hydrogen) atoms. The molecule has 1 aliphatic rings. The van der Waals surface area contributed by atoms with E-state index >= 15 is 0 Å². The van der Waals surface area contributed by atoms with Crippen LogP contribution < -0.4 is 11.1 Å². The molecule has 2 atom stereocenters. The SMILES string of the molecule is N[C@H]1CCCC[C@@H]1N(S)C(=O)Nc1cc(C(F)(F)F)cc(C(F)(F)F)c1. The van der Waals surface area contributed by atoms with Crippen LogP contribution in [0.15, 0.2) is 18.2 Å². The summed E-state index contributed by atoms with van der Waals surface area (Å²) in [4.78, 5) is 12.2. The van der Waals surface area contributed by atoms with Crippen molar-refractivity contribution in [3.63, 3.8) is 0 Å². The molecule has 0 saturated heterocycles. The summed E-state index contributed by atoms with van der Waals surface area (Å²) in [6.45, 7) is 0. The molecule has 0 radical (unpaired) electrons. The molecule has 4 nitrogen and oxygen atoms in total. The van der Waals surface area contributed by atoms with E-state index in [4.69, 9.17) is 5.73 Å². The third kappa shape index (κ3) is 4.97. The number of nitrogens with two attached hydrogens (primary N) is 1. The number of alkyl halides is 6. The Morgan fingerprint density at radius 1 is 1.04 bits per heavy atom. The van der Waals surface area contributed by atoms with Crippen LogP contribution in [-0.2, 0) is 12.4 Å². The van der Waals surface area contributed by atoms with Gasteiger partial charge in [-0.25, -0.2) is 4.79 Å². The number of carbonyl (C=O) groups is 1. The first kappa shape index (κ1) is 20.7. The minimum absolute atomic E-state index is 0.00876. The predicted molar refractivity (Wildman–Crippen MR) is 86.5 cm³/mol. The summed E-state index contributed by atoms with van der Waals surface area (Å²) in [6, 6.07) is -0.890. The molecular weight excluding hydrogens is 384 g/mol. The molecule has 0 heterocycles. The topological polar surface area (TPSA) is 58.4 Å². The molecule has 1 aromatic carbocycles. The molecule has 0 spiro atoms. The summed E-state index contributed by atoms with van der Waals surface area (Å²) >= 11 is 4.02. The van der Waals surface area contributed by atoms with Gasteiger partial charge in [0.1, 0.15) is 0 Å². The number of nitrogens with one attached hydrogen (secondary N) is 1. The van der Waals surface area contributed by atoms with Crippen LogP contribution in [0.5, 0.6) is 0 Å². The van der Waals surface area contributed by atoms with Crippen LogP contribution in [0.2, 0.25) is 0 Å². The molecule has 146 valence electrons. The highest BCUT2D eigenvalue weighted by Crippen LogP contribution is 2.37. The summed E-state index contributed by atoms with van der Waals surface area (Å²) in [6.07, 6.45) is -7.11. The standard InChI is InChI=1S/C15H17F6N3OS/c16-14(17,18)8-5-9(15(19,20)21)7-10(6-8)23-13(25)24(26)12-4-2-1-3-11(12)22/h5-7,11-12,26H,1-4,22H2,(H,23,25)/t11-,12-/m0/s1. The number of halogens is 6. The van der Waals surface area contributed by atoms with Crippen molar-refractivity contribution in [1.29, 1.82) is 0 Å². The van der Waals surface area contributed by atoms with Gasteiger partial charge in [0.25, 0.3) is 0 Å². The van der Waals surface area contributed by atoms with Crippen molar-refractivity contribution >= 4 is 24.5 Å². The molecule has 11 heteroatoms. The number of amides is 2. The van der Waals surface area contributed by atoms with Crippen molar-refractivity contribution in [2.45, 2.75) is 50.1 Å². The van der Waals surface area contributed by atoms with Crippen molar-refractivity contribution in [3.8, 4) is 0 Å². The number of carbonyl (C=O) groups excluding carboxylic acids is 1. The lowest BCUT2D eigenvalue weighted by Crippen LogP contribution is -2.49. The Morgan fingerprint density at radius 2 is 1.54 bits per heavy atom. The van der Waals surface area contributed by atoms with Crippen LogP contribution in [0.4, 0.5) is 36.8 Å². The lowest BCUT2D eigenvalue weighted by Gasteiger charge is -2.34. The molecule has 0 bridgehead atoms. The van der Waals surface area contributed by atoms with Gasteiger partial charge < -0.3 is 11.1 Å². The Bertz CT molecular complexity index is 632. The van der Waals surface area contributed by atoms with Crippen LogP contribution in [0.1, 0.15) is 36.8 Å². The first-order valence-corrected chi connectivity index (χ1v) is 8.14. The zero-order valence-corrected chi connectivity index (χ0v) is 14.3. The van der Waals surface area contributed by atoms with Crippen LogP contribution in [0, 0.1) is 0 Å². The Kier molecular flexibility index (Phi) is 6.01. The van der Waals surface area contributed by atoms with E-state index in [1.54, 1.807) is 0 Å². The zero-order valence-electron chi connectivity index (χ0n) is 13.4. The molecule has 1 aliphatic carbocycles. The van der Waals surface area contributed by atoms with Gasteiger partial charge >= 0.3 is 18.4 Å². The van der Waals surface area contributed by atoms with E-state index in [1.165, 1.54) is 0 Å². The molecule has 3 N–H and O–H groups in total. The summed E-state index contributed by atoms with van der Waals surface area (Å²) < 4.78 is 78.0. The number of nitrogens with zero attached hydrogens (tertiary/aromatic N) is 1. The minimum Gasteiger partial charge on any atom is -0.326 e. The van der Waals surface area contributed by atoms with Crippen molar-refractivity contribution < 1.29 is 31.1 Å². The van der Waals surface area contributed by atoms with Crippen LogP contribution in [0.3, 0.4) is 0 Å². The molecule has 0 unspecified atom stereocenters. The summed E-state index contributed by atoms with van der Waals surface area (Å²) in [7, 11) is 0. The van der Waals surface area contributed by atoms with Gasteiger partial charge in [-0.05, 0) is 31.0 Å². The first-order chi connectivity index (χ1) is 11.9. The normalized spacial score (nSPS) is 21.4. The number of anilines is 1. The van der Waals surface area contributed by atoms with E-state index in [0.717, 1.165) is 17.1 Å². The number of urea groups is 1. The second-order valence-corrected chi connectivity index (χ2v) is 6.52. The third-order valence-electron chi connectivity index (χ3n) is 4.14. The number of benzene rings is 1. The fourth-order valence-electron chi connectivity index (χ4n) is 2.80. The second-order valence-electron chi connectivity index (χ2n) is 6.08. The summed E-state index contributed by atoms with van der Waals surface area (Å²) in [5.41, 5.74) is 2.26. The Morgan fingerprint density at radius 3 is 2.00 bits per heavy atom. The molecule has 1 saturated carbocycles. The van der Waals surface area contributed by atoms with E-state index in [-0.39, 0.29) is 12.1 Å². The second kappa shape index (κ2) is 7.55. The number of hydrogen-bond donors (Lipinski definition) is 3. The maximum atomic E-state index is 12.9. The fraction of sp³-hybridized carbons (Fsp3) is 0.533. The summed E-state index contributed by atoms with van der Waals surface area (Å²) in [5, 5.41) is 2.04. The average Bonchev–Trinajstić information content (AvgIpc) is 2.52. The highest BCUT2D eigenvalue weighted by molar-refractivity contribution is 7.78. The molecule has 2 rings (SSSR count). The molecule has 1 aromatic rings. The van der Waals surface area contributed by atoms with Gasteiger partial charge in [0.2, 0.25) is 0 Å². The summed E-state index contributed by atoms with van der Waals surface area (Å²) in [5.74, 6) is 0. The highest BCUT2D eigenvalue weighted by Gasteiger charge is 2.37. The van der Waals surface area contributed by atoms with Crippen molar-refractivity contribution in [2.75, 3.05) is 5.32 Å². The minimum atomic E-state index is -4.99. The lowest BCUT2D eigenvalue weighted by molar-refractivity contribution is -0.143. The van der Waals surface area contributed by atoms with Crippen LogP contribution in [0.25, 0.3) is 0 Å². The quantitative estimate of drug-likeness (QED) is 0.498. The average molecular weight is 401 g/mol. The van der Waals surface area contributed by atoms with Gasteiger partial charge in [-0.2, -0.15) is 26.3 Å². The van der Waals surface area contributed by atoms with Crippen molar-refractivity contribution in [1.82, 2.24) is 4.31 Å². The Labute approximate surface area is 151 Å². The van der Waals surface area contributed by atoms with Gasteiger partial charge in [0, 0.05) is 11.7 Å². The molecule has 2 amide bonds. The van der Waals surface area contributed by atoms with E-state index in [0.29, 0.717) is 25.0 Å². The van der Waals surface area contributed by atoms with E-state index in [2.05, 4.69) is 12.8 Å². The maximum absolute atomic E-state index is 12.9. The van der Waals surface area contributed by atoms with Crippen LogP contribution in [-0.4, -0.2) is 22.4 Å². The van der Waals surface area contributed by atoms with Gasteiger partial charge in [0.15, 0.2) is 0 Å². The monoisotopic (exact) mass is 401 g/mol. The van der Waals surface area contributed by atoms with Crippen molar-refractivity contribution in [2.24, 2.45) is 5.73 Å². The van der Waals surface area contributed by atoms with E-state index in [9.17, 15) is 31.1 Å². The highest BCUT2D eigenvalue weighted by atomic mass is 32.1. The van der Waals surface area contributed by atoms with Crippen molar-refractivity contribution in [3.05, 3.63) is 29.3 Å². The van der Waals surface area contributed by atoms with E-state index < -0.39 is 41.2 Å². The number of thiol groups is 1. The number of hydrogen-bond acceptors (Lipinski definition) is 3. The van der Waals surface area contributed by atoms with Crippen LogP contribution >= 0.6 is 12.8 Å². The van der Waals surface area contributed by atoms with Gasteiger partial charge in [-0.15, -0.1) is 0 Å². The molecule has 0 aliphatic heterocycles. The van der Waals surface area contributed by atoms with Gasteiger partial charge in [-0.1, -0.05) is 25.7 Å².